The Morgan fingerprint density at radius 2 is 2.25 bits per heavy atom. The van der Waals surface area contributed by atoms with E-state index in [0.29, 0.717) is 0 Å². The Hall–Kier alpha value is -1.35. The van der Waals surface area contributed by atoms with Crippen LogP contribution in [0.1, 0.15) is 0 Å². The van der Waals surface area contributed by atoms with Gasteiger partial charge in [0, 0.05) is 6.54 Å². The van der Waals surface area contributed by atoms with E-state index in [2.05, 4.69) is 9.47 Å². The van der Waals surface area contributed by atoms with Gasteiger partial charge in [0.15, 0.2) is 0 Å². The van der Waals surface area contributed by atoms with Crippen LogP contribution in [0.3, 0.4) is 0 Å². The lowest BCUT2D eigenvalue weighted by molar-refractivity contribution is -0.234. The molecule has 0 spiro atoms. The third kappa shape index (κ3) is 2.83. The second kappa shape index (κ2) is 4.66. The average Bonchev–Trinajstić information content (AvgIpc) is 2.19. The highest BCUT2D eigenvalue weighted by molar-refractivity contribution is 5.84. The first-order valence-electron chi connectivity index (χ1n) is 4.15. The summed E-state index contributed by atoms with van der Waals surface area (Å²) in [6, 6.07) is 0. The van der Waals surface area contributed by atoms with Gasteiger partial charge in [0.2, 0.25) is 0 Å². The molecule has 0 aromatic rings. The standard InChI is InChI=1S/C7H8F3NO5/c8-7(9,10)6(14)16-5-4(13)11(3-12)1-2-15-5/h5,12H,1-3H2. The Labute approximate surface area is 87.5 Å². The number of hydrogen-bond donors (Lipinski definition) is 1. The van der Waals surface area contributed by atoms with Crippen molar-refractivity contribution in [1.29, 1.82) is 0 Å². The molecule has 1 N–H and O–H groups in total. The number of carbonyl (C=O) groups is 2. The summed E-state index contributed by atoms with van der Waals surface area (Å²) in [5, 5.41) is 8.66. The molecule has 9 heteroatoms. The second-order valence-electron chi connectivity index (χ2n) is 2.85. The van der Waals surface area contributed by atoms with E-state index in [-0.39, 0.29) is 13.2 Å². The lowest BCUT2D eigenvalue weighted by Gasteiger charge is -2.30. The molecule has 16 heavy (non-hydrogen) atoms. The largest absolute Gasteiger partial charge is 0.491 e. The molecule has 92 valence electrons. The van der Waals surface area contributed by atoms with Crippen molar-refractivity contribution in [2.45, 2.75) is 12.5 Å². The van der Waals surface area contributed by atoms with E-state index in [4.69, 9.17) is 5.11 Å². The van der Waals surface area contributed by atoms with E-state index >= 15 is 0 Å². The Balaban J connectivity index is 2.60. The fourth-order valence-corrected chi connectivity index (χ4v) is 0.989. The lowest BCUT2D eigenvalue weighted by atomic mass is 10.4. The van der Waals surface area contributed by atoms with Crippen LogP contribution in [-0.2, 0) is 19.1 Å². The Morgan fingerprint density at radius 1 is 1.62 bits per heavy atom. The highest BCUT2D eigenvalue weighted by Gasteiger charge is 2.45. The normalized spacial score (nSPS) is 22.1. The smallest absolute Gasteiger partial charge is 0.419 e. The van der Waals surface area contributed by atoms with Crippen LogP contribution in [0, 0.1) is 0 Å². The summed E-state index contributed by atoms with van der Waals surface area (Å²) in [4.78, 5) is 22.4. The van der Waals surface area contributed by atoms with Gasteiger partial charge in [0.25, 0.3) is 12.2 Å². The minimum Gasteiger partial charge on any atom is -0.419 e. The van der Waals surface area contributed by atoms with Crippen molar-refractivity contribution in [1.82, 2.24) is 4.90 Å². The minimum atomic E-state index is -5.19. The first-order valence-corrected chi connectivity index (χ1v) is 4.15. The molecule has 1 saturated heterocycles. The van der Waals surface area contributed by atoms with E-state index in [0.717, 1.165) is 4.90 Å². The summed E-state index contributed by atoms with van der Waals surface area (Å²) >= 11 is 0. The van der Waals surface area contributed by atoms with E-state index in [9.17, 15) is 22.8 Å². The van der Waals surface area contributed by atoms with Crippen molar-refractivity contribution in [3.05, 3.63) is 0 Å². The summed E-state index contributed by atoms with van der Waals surface area (Å²) in [5.41, 5.74) is 0. The predicted octanol–water partition coefficient (Wildman–Crippen LogP) is -0.773. The Bertz CT molecular complexity index is 292. The van der Waals surface area contributed by atoms with Crippen molar-refractivity contribution < 1.29 is 37.3 Å². The monoisotopic (exact) mass is 243 g/mol. The third-order valence-corrected chi connectivity index (χ3v) is 1.76. The van der Waals surface area contributed by atoms with E-state index < -0.39 is 31.1 Å². The number of amides is 1. The van der Waals surface area contributed by atoms with E-state index in [1.54, 1.807) is 0 Å². The van der Waals surface area contributed by atoms with Gasteiger partial charge < -0.3 is 19.5 Å². The molecular weight excluding hydrogens is 235 g/mol. The Kier molecular flexibility index (Phi) is 3.70. The van der Waals surface area contributed by atoms with Gasteiger partial charge in [-0.1, -0.05) is 0 Å². The fraction of sp³-hybridized carbons (Fsp3) is 0.714. The minimum absolute atomic E-state index is 0.0232. The van der Waals surface area contributed by atoms with Crippen molar-refractivity contribution >= 4 is 11.9 Å². The van der Waals surface area contributed by atoms with Crippen LogP contribution in [0.15, 0.2) is 0 Å². The van der Waals surface area contributed by atoms with Gasteiger partial charge in [-0.25, -0.2) is 4.79 Å². The maximum Gasteiger partial charge on any atom is 0.491 e. The topological polar surface area (TPSA) is 76.1 Å². The molecule has 1 amide bonds. The molecule has 1 aliphatic heterocycles. The van der Waals surface area contributed by atoms with Crippen molar-refractivity contribution in [2.75, 3.05) is 19.9 Å². The number of nitrogens with zero attached hydrogens (tertiary/aromatic N) is 1. The number of halogens is 3. The maximum absolute atomic E-state index is 11.8. The number of aliphatic hydroxyl groups excluding tert-OH is 1. The molecule has 0 saturated carbocycles. The van der Waals surface area contributed by atoms with Gasteiger partial charge >= 0.3 is 12.1 Å². The van der Waals surface area contributed by atoms with Crippen LogP contribution in [0.2, 0.25) is 0 Å². The van der Waals surface area contributed by atoms with Crippen LogP contribution in [0.5, 0.6) is 0 Å². The van der Waals surface area contributed by atoms with Gasteiger partial charge in [-0.15, -0.1) is 0 Å². The molecule has 0 aromatic carbocycles. The molecule has 1 rings (SSSR count). The first kappa shape index (κ1) is 12.7. The highest BCUT2D eigenvalue weighted by Crippen LogP contribution is 2.19. The first-order chi connectivity index (χ1) is 7.36. The molecule has 1 aliphatic rings. The van der Waals surface area contributed by atoms with Gasteiger partial charge in [0.1, 0.15) is 6.73 Å². The van der Waals surface area contributed by atoms with Crippen LogP contribution in [0.25, 0.3) is 0 Å². The number of alkyl halides is 3. The van der Waals surface area contributed by atoms with E-state index in [1.165, 1.54) is 0 Å². The summed E-state index contributed by atoms with van der Waals surface area (Å²) in [6.07, 6.45) is -7.14. The SMILES string of the molecule is O=C1C(OC(=O)C(F)(F)F)OCCN1CO. The zero-order chi connectivity index (χ0) is 12.3. The summed E-state index contributed by atoms with van der Waals surface area (Å²) < 4.78 is 43.8. The molecule has 1 heterocycles. The molecule has 0 aromatic heterocycles. The molecule has 1 unspecified atom stereocenters. The summed E-state index contributed by atoms with van der Waals surface area (Å²) in [6.45, 7) is -0.778. The van der Waals surface area contributed by atoms with Crippen LogP contribution in [-0.4, -0.2) is 54.2 Å². The van der Waals surface area contributed by atoms with Crippen LogP contribution in [0.4, 0.5) is 13.2 Å². The zero-order valence-electron chi connectivity index (χ0n) is 7.86. The Morgan fingerprint density at radius 3 is 2.75 bits per heavy atom. The number of rotatable bonds is 2. The number of carbonyl (C=O) groups excluding carboxylic acids is 2. The zero-order valence-corrected chi connectivity index (χ0v) is 7.86. The van der Waals surface area contributed by atoms with Gasteiger partial charge in [-0.3, -0.25) is 4.79 Å². The molecule has 1 fully saturated rings. The second-order valence-corrected chi connectivity index (χ2v) is 2.85. The van der Waals surface area contributed by atoms with Crippen molar-refractivity contribution in [3.8, 4) is 0 Å². The quantitative estimate of drug-likeness (QED) is 0.644. The number of hydrogen-bond acceptors (Lipinski definition) is 5. The number of ether oxygens (including phenoxy) is 2. The lowest BCUT2D eigenvalue weighted by Crippen LogP contribution is -2.50. The van der Waals surface area contributed by atoms with E-state index in [1.807, 2.05) is 0 Å². The number of aliphatic hydroxyl groups is 1. The highest BCUT2D eigenvalue weighted by atomic mass is 19.4. The number of esters is 1. The summed E-state index contributed by atoms with van der Waals surface area (Å²) in [7, 11) is 0. The van der Waals surface area contributed by atoms with Gasteiger partial charge in [-0.05, 0) is 0 Å². The molecule has 0 bridgehead atoms. The molecular formula is C7H8F3NO5. The molecule has 6 nitrogen and oxygen atoms in total. The third-order valence-electron chi connectivity index (χ3n) is 1.76. The molecule has 0 aliphatic carbocycles. The average molecular weight is 243 g/mol. The van der Waals surface area contributed by atoms with Crippen LogP contribution < -0.4 is 0 Å². The van der Waals surface area contributed by atoms with Gasteiger partial charge in [0.05, 0.1) is 6.61 Å². The number of morpholine rings is 1. The van der Waals surface area contributed by atoms with Crippen LogP contribution >= 0.6 is 0 Å². The van der Waals surface area contributed by atoms with Crippen molar-refractivity contribution in [2.24, 2.45) is 0 Å². The van der Waals surface area contributed by atoms with Crippen molar-refractivity contribution in [3.63, 3.8) is 0 Å². The summed E-state index contributed by atoms with van der Waals surface area (Å²) in [5.74, 6) is -3.53. The molecule has 0 radical (unpaired) electrons. The van der Waals surface area contributed by atoms with Gasteiger partial charge in [-0.2, -0.15) is 13.2 Å². The predicted molar refractivity (Wildman–Crippen MR) is 40.7 cm³/mol. The molecule has 1 atom stereocenters. The fourth-order valence-electron chi connectivity index (χ4n) is 0.989. The maximum atomic E-state index is 11.8.